The first-order valence-electron chi connectivity index (χ1n) is 8.02. The number of amides is 1. The van der Waals surface area contributed by atoms with Gasteiger partial charge in [0, 0.05) is 17.8 Å². The van der Waals surface area contributed by atoms with Crippen molar-refractivity contribution in [2.75, 3.05) is 11.3 Å². The minimum Gasteiger partial charge on any atom is -0.352 e. The van der Waals surface area contributed by atoms with Gasteiger partial charge >= 0.3 is 0 Å². The van der Waals surface area contributed by atoms with Crippen molar-refractivity contribution in [2.45, 2.75) is 11.3 Å². The summed E-state index contributed by atoms with van der Waals surface area (Å²) in [7, 11) is -3.68. The molecule has 0 saturated heterocycles. The van der Waals surface area contributed by atoms with Gasteiger partial charge in [-0.3, -0.25) is 9.52 Å². The fourth-order valence-corrected chi connectivity index (χ4v) is 4.12. The molecule has 0 aliphatic rings. The van der Waals surface area contributed by atoms with E-state index in [9.17, 15) is 13.2 Å². The van der Waals surface area contributed by atoms with E-state index >= 15 is 0 Å². The summed E-state index contributed by atoms with van der Waals surface area (Å²) in [5.74, 6) is -0.222. The third-order valence-corrected chi connectivity index (χ3v) is 5.86. The lowest BCUT2D eigenvalue weighted by Gasteiger charge is -2.09. The van der Waals surface area contributed by atoms with Crippen LogP contribution in [0.4, 0.5) is 5.69 Å². The maximum absolute atomic E-state index is 12.4. The number of thiophene rings is 1. The summed E-state index contributed by atoms with van der Waals surface area (Å²) >= 11 is 1.62. The molecule has 0 aliphatic heterocycles. The maximum atomic E-state index is 12.4. The molecular weight excluding hydrogens is 368 g/mol. The van der Waals surface area contributed by atoms with Crippen LogP contribution in [-0.2, 0) is 16.4 Å². The molecule has 1 aromatic heterocycles. The summed E-state index contributed by atoms with van der Waals surface area (Å²) < 4.78 is 27.3. The average Bonchev–Trinajstić information content (AvgIpc) is 3.16. The van der Waals surface area contributed by atoms with Crippen LogP contribution in [0.2, 0.25) is 0 Å². The lowest BCUT2D eigenvalue weighted by Crippen LogP contribution is -2.25. The highest BCUT2D eigenvalue weighted by Crippen LogP contribution is 2.16. The first-order valence-corrected chi connectivity index (χ1v) is 10.4. The van der Waals surface area contributed by atoms with Gasteiger partial charge in [-0.15, -0.1) is 0 Å². The zero-order valence-electron chi connectivity index (χ0n) is 13.9. The number of hydrogen-bond acceptors (Lipinski definition) is 4. The molecule has 0 spiro atoms. The number of sulfonamides is 1. The molecule has 0 unspecified atom stereocenters. The predicted octanol–water partition coefficient (Wildman–Crippen LogP) is 3.52. The molecule has 0 radical (unpaired) electrons. The van der Waals surface area contributed by atoms with E-state index in [0.717, 1.165) is 6.42 Å². The molecule has 5 nitrogen and oxygen atoms in total. The highest BCUT2D eigenvalue weighted by Gasteiger charge is 2.15. The van der Waals surface area contributed by atoms with Gasteiger partial charge in [-0.2, -0.15) is 11.3 Å². The van der Waals surface area contributed by atoms with Crippen LogP contribution < -0.4 is 10.0 Å². The van der Waals surface area contributed by atoms with Gasteiger partial charge in [-0.05, 0) is 65.2 Å². The van der Waals surface area contributed by atoms with Crippen LogP contribution in [0.1, 0.15) is 15.9 Å². The van der Waals surface area contributed by atoms with Gasteiger partial charge in [0.1, 0.15) is 0 Å². The van der Waals surface area contributed by atoms with Gasteiger partial charge < -0.3 is 5.32 Å². The van der Waals surface area contributed by atoms with Crippen LogP contribution >= 0.6 is 11.3 Å². The molecule has 0 atom stereocenters. The third kappa shape index (κ3) is 4.71. The molecule has 134 valence electrons. The number of para-hydroxylation sites is 1. The highest BCUT2D eigenvalue weighted by atomic mass is 32.2. The molecule has 1 heterocycles. The van der Waals surface area contributed by atoms with Crippen LogP contribution in [0.3, 0.4) is 0 Å². The van der Waals surface area contributed by atoms with Crippen molar-refractivity contribution in [2.24, 2.45) is 0 Å². The monoisotopic (exact) mass is 386 g/mol. The third-order valence-electron chi connectivity index (χ3n) is 3.73. The Morgan fingerprint density at radius 1 is 0.962 bits per heavy atom. The number of carbonyl (C=O) groups is 1. The van der Waals surface area contributed by atoms with Crippen molar-refractivity contribution in [3.8, 4) is 0 Å². The Labute approximate surface area is 156 Å². The Balaban J connectivity index is 1.61. The van der Waals surface area contributed by atoms with Crippen molar-refractivity contribution < 1.29 is 13.2 Å². The highest BCUT2D eigenvalue weighted by molar-refractivity contribution is 7.92. The van der Waals surface area contributed by atoms with Gasteiger partial charge in [0.15, 0.2) is 0 Å². The van der Waals surface area contributed by atoms with Crippen molar-refractivity contribution in [1.29, 1.82) is 0 Å². The van der Waals surface area contributed by atoms with E-state index in [1.54, 1.807) is 35.6 Å². The number of benzene rings is 2. The van der Waals surface area contributed by atoms with Crippen molar-refractivity contribution >= 4 is 33.0 Å². The average molecular weight is 386 g/mol. The zero-order valence-corrected chi connectivity index (χ0v) is 15.5. The first-order chi connectivity index (χ1) is 12.5. The number of anilines is 1. The van der Waals surface area contributed by atoms with Gasteiger partial charge in [0.2, 0.25) is 0 Å². The molecular formula is C19H18N2O3S2. The normalized spacial score (nSPS) is 11.1. The summed E-state index contributed by atoms with van der Waals surface area (Å²) in [4.78, 5) is 12.3. The number of rotatable bonds is 7. The molecule has 2 aromatic carbocycles. The summed E-state index contributed by atoms with van der Waals surface area (Å²) in [6.45, 7) is 0.533. The van der Waals surface area contributed by atoms with Crippen molar-refractivity contribution in [3.05, 3.63) is 82.6 Å². The van der Waals surface area contributed by atoms with Crippen LogP contribution in [0.5, 0.6) is 0 Å². The van der Waals surface area contributed by atoms with Gasteiger partial charge in [-0.1, -0.05) is 18.2 Å². The number of nitrogens with one attached hydrogen (secondary N) is 2. The molecule has 26 heavy (non-hydrogen) atoms. The smallest absolute Gasteiger partial charge is 0.261 e. The van der Waals surface area contributed by atoms with Crippen LogP contribution in [-0.4, -0.2) is 20.9 Å². The Kier molecular flexibility index (Phi) is 5.70. The summed E-state index contributed by atoms with van der Waals surface area (Å²) in [6.07, 6.45) is 0.767. The fraction of sp³-hybridized carbons (Fsp3) is 0.105. The van der Waals surface area contributed by atoms with Gasteiger partial charge in [0.05, 0.1) is 4.90 Å². The Morgan fingerprint density at radius 3 is 2.35 bits per heavy atom. The van der Waals surface area contributed by atoms with Crippen LogP contribution in [0.15, 0.2) is 76.3 Å². The minimum atomic E-state index is -3.68. The number of hydrogen-bond donors (Lipinski definition) is 2. The van der Waals surface area contributed by atoms with Crippen LogP contribution in [0, 0.1) is 0 Å². The van der Waals surface area contributed by atoms with E-state index in [0.29, 0.717) is 17.8 Å². The molecule has 0 aliphatic carbocycles. The zero-order chi connectivity index (χ0) is 18.4. The predicted molar refractivity (Wildman–Crippen MR) is 104 cm³/mol. The standard InChI is InChI=1S/C19H18N2O3S2/c22-19(20-12-10-15-11-13-25-14-15)16-6-8-18(9-7-16)26(23,24)21-17-4-2-1-3-5-17/h1-9,11,13-14,21H,10,12H2,(H,20,22). The first kappa shape index (κ1) is 18.2. The number of carbonyl (C=O) groups excluding carboxylic acids is 1. The minimum absolute atomic E-state index is 0.108. The summed E-state index contributed by atoms with van der Waals surface area (Å²) in [5, 5.41) is 6.88. The second-order valence-corrected chi connectivity index (χ2v) is 8.10. The van der Waals surface area contributed by atoms with E-state index in [1.807, 2.05) is 22.9 Å². The van der Waals surface area contributed by atoms with Crippen LogP contribution in [0.25, 0.3) is 0 Å². The molecule has 0 fully saturated rings. The molecule has 0 saturated carbocycles. The van der Waals surface area contributed by atoms with E-state index in [2.05, 4.69) is 10.0 Å². The lowest BCUT2D eigenvalue weighted by atomic mass is 10.2. The SMILES string of the molecule is O=C(NCCc1ccsc1)c1ccc(S(=O)(=O)Nc2ccccc2)cc1. The molecule has 2 N–H and O–H groups in total. The summed E-state index contributed by atoms with van der Waals surface area (Å²) in [6, 6.07) is 16.6. The lowest BCUT2D eigenvalue weighted by molar-refractivity contribution is 0.0954. The molecule has 3 rings (SSSR count). The molecule has 1 amide bonds. The Morgan fingerprint density at radius 2 is 1.69 bits per heavy atom. The molecule has 7 heteroatoms. The van der Waals surface area contributed by atoms with E-state index in [1.165, 1.54) is 29.8 Å². The van der Waals surface area contributed by atoms with Crippen molar-refractivity contribution in [3.63, 3.8) is 0 Å². The Hall–Kier alpha value is -2.64. The van der Waals surface area contributed by atoms with Gasteiger partial charge in [-0.25, -0.2) is 8.42 Å². The fourth-order valence-electron chi connectivity index (χ4n) is 2.36. The molecule has 3 aromatic rings. The second kappa shape index (κ2) is 8.16. The topological polar surface area (TPSA) is 75.3 Å². The Bertz CT molecular complexity index is 952. The van der Waals surface area contributed by atoms with Crippen molar-refractivity contribution in [1.82, 2.24) is 5.32 Å². The van der Waals surface area contributed by atoms with E-state index in [-0.39, 0.29) is 10.8 Å². The van der Waals surface area contributed by atoms with Gasteiger partial charge in [0.25, 0.3) is 15.9 Å². The molecule has 0 bridgehead atoms. The van der Waals surface area contributed by atoms with E-state index < -0.39 is 10.0 Å². The maximum Gasteiger partial charge on any atom is 0.261 e. The van der Waals surface area contributed by atoms with E-state index in [4.69, 9.17) is 0 Å². The summed E-state index contributed by atoms with van der Waals surface area (Å²) in [5.41, 5.74) is 2.10. The second-order valence-electron chi connectivity index (χ2n) is 5.63. The quantitative estimate of drug-likeness (QED) is 0.652. The largest absolute Gasteiger partial charge is 0.352 e.